The Morgan fingerprint density at radius 2 is 2.12 bits per heavy atom. The summed E-state index contributed by atoms with van der Waals surface area (Å²) in [5.41, 5.74) is 4.60. The van der Waals surface area contributed by atoms with Crippen molar-refractivity contribution in [3.8, 4) is 11.3 Å². The second kappa shape index (κ2) is 6.85. The molecule has 0 fully saturated rings. The fourth-order valence-corrected chi connectivity index (χ4v) is 3.76. The van der Waals surface area contributed by atoms with Gasteiger partial charge in [0.2, 0.25) is 0 Å². The van der Waals surface area contributed by atoms with Crippen LogP contribution in [0.5, 0.6) is 0 Å². The summed E-state index contributed by atoms with van der Waals surface area (Å²) in [6, 6.07) is 11.2. The Morgan fingerprint density at radius 3 is 2.88 bits per heavy atom. The zero-order valence-electron chi connectivity index (χ0n) is 13.8. The Balaban J connectivity index is 1.56. The van der Waals surface area contributed by atoms with Crippen LogP contribution in [0.2, 0.25) is 5.02 Å². The van der Waals surface area contributed by atoms with Gasteiger partial charge in [-0.05, 0) is 30.1 Å². The highest BCUT2D eigenvalue weighted by Crippen LogP contribution is 2.27. The average Bonchev–Trinajstić information content (AvgIpc) is 3.22. The highest BCUT2D eigenvalue weighted by Gasteiger charge is 2.29. The Kier molecular flexibility index (Phi) is 4.54. The van der Waals surface area contributed by atoms with Crippen LogP contribution in [0.1, 0.15) is 21.5 Å². The molecule has 4 rings (SSSR count). The third-order valence-corrected chi connectivity index (χ3v) is 5.28. The molecule has 0 bridgehead atoms. The van der Waals surface area contributed by atoms with Crippen molar-refractivity contribution in [1.29, 1.82) is 0 Å². The van der Waals surface area contributed by atoms with Crippen LogP contribution in [-0.4, -0.2) is 23.0 Å². The van der Waals surface area contributed by atoms with Gasteiger partial charge in [-0.1, -0.05) is 41.4 Å². The zero-order chi connectivity index (χ0) is 18.3. The van der Waals surface area contributed by atoms with E-state index in [4.69, 9.17) is 16.3 Å². The number of nitrogens with one attached hydrogen (secondary N) is 1. The summed E-state index contributed by atoms with van der Waals surface area (Å²) < 4.78 is 5.15. The summed E-state index contributed by atoms with van der Waals surface area (Å²) in [5, 5.41) is 15.3. The van der Waals surface area contributed by atoms with Crippen LogP contribution in [0.4, 0.5) is 5.13 Å². The molecule has 3 aromatic rings. The van der Waals surface area contributed by atoms with Crippen LogP contribution < -0.4 is 10.8 Å². The fourth-order valence-electron chi connectivity index (χ4n) is 2.77. The van der Waals surface area contributed by atoms with Gasteiger partial charge >= 0.3 is 7.12 Å². The van der Waals surface area contributed by atoms with Gasteiger partial charge in [-0.15, -0.1) is 11.3 Å². The zero-order valence-corrected chi connectivity index (χ0v) is 15.4. The minimum Gasteiger partial charge on any atom is -0.423 e. The Hall–Kier alpha value is -2.19. The highest BCUT2D eigenvalue weighted by atomic mass is 35.5. The molecule has 0 spiro atoms. The fraction of sp³-hybridized carbons (Fsp3) is 0.111. The second-order valence-corrected chi connectivity index (χ2v) is 7.32. The van der Waals surface area contributed by atoms with E-state index in [9.17, 15) is 9.82 Å². The van der Waals surface area contributed by atoms with Crippen molar-refractivity contribution in [3.05, 3.63) is 63.5 Å². The first-order chi connectivity index (χ1) is 12.5. The summed E-state index contributed by atoms with van der Waals surface area (Å²) in [4.78, 5) is 17.0. The third kappa shape index (κ3) is 3.26. The number of rotatable bonds is 3. The van der Waals surface area contributed by atoms with E-state index in [2.05, 4.69) is 10.3 Å². The molecule has 2 N–H and O–H groups in total. The number of carbonyl (C=O) groups is 1. The van der Waals surface area contributed by atoms with Crippen LogP contribution >= 0.6 is 22.9 Å². The van der Waals surface area contributed by atoms with Gasteiger partial charge in [-0.2, -0.15) is 0 Å². The number of hydrogen-bond acceptors (Lipinski definition) is 5. The van der Waals surface area contributed by atoms with Crippen molar-refractivity contribution in [2.24, 2.45) is 0 Å². The number of nitrogens with zero attached hydrogens (tertiary/aromatic N) is 1. The van der Waals surface area contributed by atoms with Crippen LogP contribution in [-0.2, 0) is 11.3 Å². The van der Waals surface area contributed by atoms with E-state index in [1.54, 1.807) is 12.1 Å². The topological polar surface area (TPSA) is 71.5 Å². The molecule has 0 saturated heterocycles. The summed E-state index contributed by atoms with van der Waals surface area (Å²) in [6.07, 6.45) is 0. The Labute approximate surface area is 159 Å². The lowest BCUT2D eigenvalue weighted by Crippen LogP contribution is -2.29. The van der Waals surface area contributed by atoms with Crippen molar-refractivity contribution in [2.75, 3.05) is 5.32 Å². The van der Waals surface area contributed by atoms with E-state index < -0.39 is 7.12 Å². The normalized spacial score (nSPS) is 13.0. The van der Waals surface area contributed by atoms with Crippen molar-refractivity contribution >= 4 is 46.6 Å². The molecular weight excluding hydrogens is 371 g/mol. The molecule has 0 radical (unpaired) electrons. The minimum atomic E-state index is -1.03. The molecule has 130 valence electrons. The van der Waals surface area contributed by atoms with Gasteiger partial charge in [0.25, 0.3) is 5.91 Å². The van der Waals surface area contributed by atoms with E-state index in [-0.39, 0.29) is 18.1 Å². The average molecular weight is 385 g/mol. The molecule has 1 aromatic heterocycles. The molecule has 0 aliphatic carbocycles. The smallest absolute Gasteiger partial charge is 0.423 e. The van der Waals surface area contributed by atoms with Gasteiger partial charge in [0.15, 0.2) is 5.13 Å². The summed E-state index contributed by atoms with van der Waals surface area (Å²) >= 11 is 7.56. The number of carbonyl (C=O) groups excluding carboxylic acids is 1. The van der Waals surface area contributed by atoms with Gasteiger partial charge in [-0.3, -0.25) is 10.1 Å². The molecule has 1 aliphatic rings. The van der Waals surface area contributed by atoms with Crippen molar-refractivity contribution in [1.82, 2.24) is 4.98 Å². The van der Waals surface area contributed by atoms with Gasteiger partial charge in [0.1, 0.15) is 0 Å². The number of aryl methyl sites for hydroxylation is 1. The maximum Gasteiger partial charge on any atom is 0.491 e. The van der Waals surface area contributed by atoms with Crippen molar-refractivity contribution in [2.45, 2.75) is 13.5 Å². The number of fused-ring (bicyclic) bond motifs is 1. The molecule has 8 heteroatoms. The number of halogens is 1. The Bertz CT molecular complexity index is 991. The monoisotopic (exact) mass is 384 g/mol. The third-order valence-electron chi connectivity index (χ3n) is 4.21. The summed E-state index contributed by atoms with van der Waals surface area (Å²) in [7, 11) is -1.03. The van der Waals surface area contributed by atoms with Gasteiger partial charge < -0.3 is 9.68 Å². The molecule has 2 heterocycles. The lowest BCUT2D eigenvalue weighted by Gasteiger charge is -2.07. The van der Waals surface area contributed by atoms with E-state index in [0.29, 0.717) is 15.6 Å². The first-order valence-electron chi connectivity index (χ1n) is 7.97. The number of aromatic nitrogens is 1. The van der Waals surface area contributed by atoms with Crippen molar-refractivity contribution < 1.29 is 14.5 Å². The SMILES string of the molecule is Cc1ccc(-c2csc(NC(=O)c3cc4c(cc3Cl)COB4O)n2)cc1. The molecule has 2 aromatic carbocycles. The Morgan fingerprint density at radius 1 is 1.35 bits per heavy atom. The van der Waals surface area contributed by atoms with Crippen LogP contribution in [0.3, 0.4) is 0 Å². The highest BCUT2D eigenvalue weighted by molar-refractivity contribution is 7.14. The predicted molar refractivity (Wildman–Crippen MR) is 104 cm³/mol. The number of hydrogen-bond donors (Lipinski definition) is 2. The molecule has 1 aliphatic heterocycles. The van der Waals surface area contributed by atoms with E-state index >= 15 is 0 Å². The van der Waals surface area contributed by atoms with Crippen LogP contribution in [0.15, 0.2) is 41.8 Å². The van der Waals surface area contributed by atoms with Gasteiger partial charge in [-0.25, -0.2) is 4.98 Å². The minimum absolute atomic E-state index is 0.280. The molecule has 0 unspecified atom stereocenters. The summed E-state index contributed by atoms with van der Waals surface area (Å²) in [6.45, 7) is 2.31. The number of amides is 1. The largest absolute Gasteiger partial charge is 0.491 e. The lowest BCUT2D eigenvalue weighted by molar-refractivity contribution is 0.102. The molecule has 0 saturated carbocycles. The number of thiazole rings is 1. The molecule has 1 amide bonds. The second-order valence-electron chi connectivity index (χ2n) is 6.05. The maximum absolute atomic E-state index is 12.6. The first kappa shape index (κ1) is 17.2. The van der Waals surface area contributed by atoms with Crippen LogP contribution in [0, 0.1) is 6.92 Å². The molecular formula is C18H14BClN2O3S. The number of anilines is 1. The molecule has 5 nitrogen and oxygen atoms in total. The number of benzene rings is 2. The van der Waals surface area contributed by atoms with E-state index in [0.717, 1.165) is 16.8 Å². The van der Waals surface area contributed by atoms with E-state index in [1.165, 1.54) is 16.9 Å². The van der Waals surface area contributed by atoms with Crippen LogP contribution in [0.25, 0.3) is 11.3 Å². The first-order valence-corrected chi connectivity index (χ1v) is 9.23. The van der Waals surface area contributed by atoms with Gasteiger partial charge in [0.05, 0.1) is 22.9 Å². The quantitative estimate of drug-likeness (QED) is 0.680. The maximum atomic E-state index is 12.6. The molecule has 26 heavy (non-hydrogen) atoms. The molecule has 0 atom stereocenters. The van der Waals surface area contributed by atoms with Crippen molar-refractivity contribution in [3.63, 3.8) is 0 Å². The van der Waals surface area contributed by atoms with E-state index in [1.807, 2.05) is 36.6 Å². The standard InChI is InChI=1S/C18H14BClN2O3S/c1-10-2-4-11(5-3-10)16-9-26-18(21-16)22-17(23)13-7-14-12(6-15(13)20)8-25-19(14)24/h2-7,9,24H,8H2,1H3,(H,21,22,23). The lowest BCUT2D eigenvalue weighted by atomic mass is 9.78. The summed E-state index contributed by atoms with van der Waals surface area (Å²) in [5.74, 6) is -0.373. The predicted octanol–water partition coefficient (Wildman–Crippen LogP) is 3.24. The van der Waals surface area contributed by atoms with Gasteiger partial charge in [0, 0.05) is 10.9 Å².